The van der Waals surface area contributed by atoms with Gasteiger partial charge in [-0.2, -0.15) is 0 Å². The summed E-state index contributed by atoms with van der Waals surface area (Å²) >= 11 is -1.22. The molecule has 5 nitrogen and oxygen atoms in total. The average molecular weight is 446 g/mol. The molecular weight excluding hydrogens is 418 g/mol. The molecule has 3 aromatic carbocycles. The third-order valence-corrected chi connectivity index (χ3v) is 6.76. The van der Waals surface area contributed by atoms with E-state index in [1.165, 1.54) is 0 Å². The number of hydrogen-bond acceptors (Lipinski definition) is 3. The monoisotopic (exact) mass is 445 g/mol. The highest BCUT2D eigenvalue weighted by Crippen LogP contribution is 2.36. The van der Waals surface area contributed by atoms with Gasteiger partial charge in [0.25, 0.3) is 5.91 Å². The van der Waals surface area contributed by atoms with Crippen LogP contribution in [0.3, 0.4) is 0 Å². The number of fused-ring (bicyclic) bond motifs is 1. The molecule has 0 spiro atoms. The number of rotatable bonds is 6. The molecule has 1 aromatic heterocycles. The first-order valence-electron chi connectivity index (χ1n) is 10.6. The lowest BCUT2D eigenvalue weighted by molar-refractivity contribution is 0.102. The molecule has 164 valence electrons. The molecule has 0 fully saturated rings. The predicted molar refractivity (Wildman–Crippen MR) is 132 cm³/mol. The molecule has 0 aliphatic carbocycles. The van der Waals surface area contributed by atoms with Gasteiger partial charge in [0, 0.05) is 30.7 Å². The van der Waals surface area contributed by atoms with Gasteiger partial charge in [0.2, 0.25) is 0 Å². The fourth-order valence-corrected chi connectivity index (χ4v) is 4.65. The molecule has 0 saturated heterocycles. The molecule has 1 atom stereocenters. The predicted octanol–water partition coefficient (Wildman–Crippen LogP) is 5.79. The molecule has 1 heterocycles. The van der Waals surface area contributed by atoms with Crippen LogP contribution < -0.4 is 5.32 Å². The molecule has 4 aromatic rings. The minimum atomic E-state index is -1.22. The number of amides is 1. The van der Waals surface area contributed by atoms with E-state index in [9.17, 15) is 9.35 Å². The molecule has 1 unspecified atom stereocenters. The van der Waals surface area contributed by atoms with Crippen LogP contribution in [0, 0.1) is 0 Å². The van der Waals surface area contributed by atoms with Gasteiger partial charge in [-0.15, -0.1) is 4.31 Å². The number of carbonyl (C=O) groups is 1. The molecule has 0 aliphatic rings. The summed E-state index contributed by atoms with van der Waals surface area (Å²) in [6, 6.07) is 23.2. The van der Waals surface area contributed by atoms with Crippen molar-refractivity contribution in [3.63, 3.8) is 0 Å². The van der Waals surface area contributed by atoms with Crippen molar-refractivity contribution in [2.45, 2.75) is 24.7 Å². The zero-order chi connectivity index (χ0) is 22.8. The van der Waals surface area contributed by atoms with Gasteiger partial charge in [0.15, 0.2) is 4.90 Å². The van der Waals surface area contributed by atoms with Crippen molar-refractivity contribution >= 4 is 33.9 Å². The Kier molecular flexibility index (Phi) is 6.37. The van der Waals surface area contributed by atoms with Gasteiger partial charge in [0.1, 0.15) is 5.69 Å². The molecule has 6 heteroatoms. The second-order valence-electron chi connectivity index (χ2n) is 8.21. The first-order chi connectivity index (χ1) is 15.4. The van der Waals surface area contributed by atoms with Gasteiger partial charge in [0.05, 0.1) is 16.9 Å². The van der Waals surface area contributed by atoms with Crippen molar-refractivity contribution in [1.82, 2.24) is 9.29 Å². The van der Waals surface area contributed by atoms with Crippen molar-refractivity contribution in [2.24, 2.45) is 0 Å². The molecule has 0 bridgehead atoms. The fraction of sp³-hybridized carbons (Fsp3) is 0.192. The Bertz CT molecular complexity index is 1230. The third-order valence-electron chi connectivity index (χ3n) is 5.42. The second kappa shape index (κ2) is 9.20. The van der Waals surface area contributed by atoms with Crippen LogP contribution in [0.5, 0.6) is 0 Å². The lowest BCUT2D eigenvalue weighted by Crippen LogP contribution is -2.22. The van der Waals surface area contributed by atoms with Crippen molar-refractivity contribution in [3.05, 3.63) is 84.1 Å². The number of anilines is 1. The number of aromatic amines is 1. The molecule has 2 N–H and O–H groups in total. The maximum atomic E-state index is 13.3. The Hall–Kier alpha value is -3.06. The van der Waals surface area contributed by atoms with E-state index in [2.05, 4.69) is 30.2 Å². The molecule has 1 amide bonds. The van der Waals surface area contributed by atoms with Crippen molar-refractivity contribution in [1.29, 1.82) is 0 Å². The van der Waals surface area contributed by atoms with E-state index >= 15 is 0 Å². The molecule has 0 radical (unpaired) electrons. The highest BCUT2D eigenvalue weighted by molar-refractivity contribution is 7.89. The quantitative estimate of drug-likeness (QED) is 0.369. The summed E-state index contributed by atoms with van der Waals surface area (Å²) in [5.41, 5.74) is 5.12. The standard InChI is InChI=1S/C26H27N3O2S/c1-17(2)21-11-8-12-22-23(18-13-15-20(16-14-18)32(31)29(3)4)25(28-24(21)22)26(30)27-19-9-6-5-7-10-19/h5-17,28H,1-4H3,(H,27,30). The molecule has 32 heavy (non-hydrogen) atoms. The van der Waals surface area contributed by atoms with E-state index in [1.54, 1.807) is 18.4 Å². The lowest BCUT2D eigenvalue weighted by Gasteiger charge is -2.15. The van der Waals surface area contributed by atoms with E-state index in [4.69, 9.17) is 0 Å². The van der Waals surface area contributed by atoms with Gasteiger partial charge in [-0.05, 0) is 53.4 Å². The summed E-state index contributed by atoms with van der Waals surface area (Å²) in [7, 11) is 3.56. The fourth-order valence-electron chi connectivity index (χ4n) is 3.86. The third kappa shape index (κ3) is 4.30. The van der Waals surface area contributed by atoms with Crippen molar-refractivity contribution < 1.29 is 9.35 Å². The maximum absolute atomic E-state index is 13.3. The maximum Gasteiger partial charge on any atom is 0.272 e. The number of nitrogens with one attached hydrogen (secondary N) is 2. The summed E-state index contributed by atoms with van der Waals surface area (Å²) < 4.78 is 14.1. The van der Waals surface area contributed by atoms with Crippen LogP contribution in [0.1, 0.15) is 35.8 Å². The van der Waals surface area contributed by atoms with Crippen LogP contribution in [0.4, 0.5) is 5.69 Å². The minimum Gasteiger partial charge on any atom is -0.593 e. The number of carbonyl (C=O) groups excluding carboxylic acids is 1. The molecule has 0 aliphatic heterocycles. The zero-order valence-corrected chi connectivity index (χ0v) is 19.5. The smallest absolute Gasteiger partial charge is 0.272 e. The van der Waals surface area contributed by atoms with Crippen LogP contribution in [0.15, 0.2) is 77.7 Å². The highest BCUT2D eigenvalue weighted by Gasteiger charge is 2.22. The lowest BCUT2D eigenvalue weighted by atomic mass is 9.97. The van der Waals surface area contributed by atoms with Gasteiger partial charge in [-0.1, -0.05) is 50.2 Å². The first-order valence-corrected chi connectivity index (χ1v) is 11.7. The second-order valence-corrected chi connectivity index (χ2v) is 9.91. The minimum absolute atomic E-state index is 0.196. The van der Waals surface area contributed by atoms with Gasteiger partial charge < -0.3 is 14.9 Å². The van der Waals surface area contributed by atoms with Gasteiger partial charge in [-0.25, -0.2) is 0 Å². The normalized spacial score (nSPS) is 12.5. The highest BCUT2D eigenvalue weighted by atomic mass is 32.2. The Morgan fingerprint density at radius 1 is 0.969 bits per heavy atom. The number of nitrogens with zero attached hydrogens (tertiary/aromatic N) is 1. The molecule has 0 saturated carbocycles. The summed E-state index contributed by atoms with van der Waals surface area (Å²) in [6.45, 7) is 4.29. The SMILES string of the molecule is CC(C)c1cccc2c(-c3ccc([S+]([O-])N(C)C)cc3)c(C(=O)Nc3ccccc3)[nH]c12. The zero-order valence-electron chi connectivity index (χ0n) is 18.7. The number of benzene rings is 3. The van der Waals surface area contributed by atoms with Crippen LogP contribution in [0.2, 0.25) is 0 Å². The van der Waals surface area contributed by atoms with E-state index in [1.807, 2.05) is 66.7 Å². The summed E-state index contributed by atoms with van der Waals surface area (Å²) in [6.07, 6.45) is 0. The largest absolute Gasteiger partial charge is 0.593 e. The van der Waals surface area contributed by atoms with Gasteiger partial charge >= 0.3 is 0 Å². The van der Waals surface area contributed by atoms with Crippen molar-refractivity contribution in [3.8, 4) is 11.1 Å². The number of aromatic nitrogens is 1. The van der Waals surface area contributed by atoms with Gasteiger partial charge in [-0.3, -0.25) is 4.79 Å². The number of para-hydroxylation sites is 2. The van der Waals surface area contributed by atoms with Crippen molar-refractivity contribution in [2.75, 3.05) is 19.4 Å². The Labute approximate surface area is 191 Å². The Balaban J connectivity index is 1.85. The van der Waals surface area contributed by atoms with Crippen LogP contribution in [-0.2, 0) is 11.4 Å². The Morgan fingerprint density at radius 2 is 1.66 bits per heavy atom. The number of hydrogen-bond donors (Lipinski definition) is 2. The average Bonchev–Trinajstić information content (AvgIpc) is 3.19. The topological polar surface area (TPSA) is 71.2 Å². The summed E-state index contributed by atoms with van der Waals surface area (Å²) in [5.74, 6) is 0.109. The molecular formula is C26H27N3O2S. The van der Waals surface area contributed by atoms with Crippen LogP contribution in [-0.4, -0.2) is 33.8 Å². The molecule has 4 rings (SSSR count). The van der Waals surface area contributed by atoms with E-state index < -0.39 is 11.4 Å². The summed E-state index contributed by atoms with van der Waals surface area (Å²) in [4.78, 5) is 17.5. The van der Waals surface area contributed by atoms with Crippen LogP contribution in [0.25, 0.3) is 22.0 Å². The van der Waals surface area contributed by atoms with E-state index in [-0.39, 0.29) is 5.91 Å². The summed E-state index contributed by atoms with van der Waals surface area (Å²) in [5, 5.41) is 3.99. The van der Waals surface area contributed by atoms with E-state index in [0.717, 1.165) is 38.2 Å². The first kappa shape index (κ1) is 22.1. The Morgan fingerprint density at radius 3 is 2.28 bits per heavy atom. The van der Waals surface area contributed by atoms with Crippen LogP contribution >= 0.6 is 0 Å². The number of H-pyrrole nitrogens is 1. The van der Waals surface area contributed by atoms with E-state index in [0.29, 0.717) is 11.6 Å².